The summed E-state index contributed by atoms with van der Waals surface area (Å²) in [7, 11) is -3.79. The van der Waals surface area contributed by atoms with E-state index in [1.807, 2.05) is 6.92 Å². The average Bonchev–Trinajstić information content (AvgIpc) is 2.43. The molecule has 112 valence electrons. The van der Waals surface area contributed by atoms with Crippen molar-refractivity contribution in [3.8, 4) is 0 Å². The molecule has 0 spiro atoms. The maximum atomic E-state index is 12.4. The molecule has 20 heavy (non-hydrogen) atoms. The maximum absolute atomic E-state index is 12.4. The Morgan fingerprint density at radius 1 is 1.35 bits per heavy atom. The monoisotopic (exact) mass is 320 g/mol. The number of amides is 1. The first kappa shape index (κ1) is 16.9. The Balaban J connectivity index is 3.03. The van der Waals surface area contributed by atoms with Crippen LogP contribution in [0.15, 0.2) is 29.2 Å². The molecule has 0 saturated heterocycles. The van der Waals surface area contributed by atoms with Crippen LogP contribution >= 0.6 is 11.6 Å². The van der Waals surface area contributed by atoms with E-state index in [9.17, 15) is 13.2 Å². The van der Waals surface area contributed by atoms with Crippen molar-refractivity contribution in [1.29, 1.82) is 0 Å². The highest BCUT2D eigenvalue weighted by Crippen LogP contribution is 2.18. The van der Waals surface area contributed by atoms with E-state index in [-0.39, 0.29) is 11.4 Å². The molecule has 0 aliphatic heterocycles. The first-order chi connectivity index (χ1) is 9.41. The summed E-state index contributed by atoms with van der Waals surface area (Å²) < 4.78 is 25.9. The van der Waals surface area contributed by atoms with Gasteiger partial charge in [0.05, 0.1) is 11.4 Å². The van der Waals surface area contributed by atoms with Crippen LogP contribution in [0.2, 0.25) is 5.02 Å². The van der Waals surface area contributed by atoms with E-state index in [2.05, 4.69) is 0 Å². The molecule has 2 N–H and O–H groups in total. The molecule has 0 bridgehead atoms. The molecule has 1 amide bonds. The van der Waals surface area contributed by atoms with Crippen molar-refractivity contribution in [2.75, 3.05) is 13.1 Å². The Kier molecular flexibility index (Phi) is 6.41. The Bertz CT molecular complexity index is 545. The predicted molar refractivity (Wildman–Crippen MR) is 75.0 cm³/mol. The summed E-state index contributed by atoms with van der Waals surface area (Å²) in [6.45, 7) is 1.69. The number of hydroxylamine groups is 1. The van der Waals surface area contributed by atoms with Crippen LogP contribution in [0.1, 0.15) is 19.8 Å². The second-order valence-corrected chi connectivity index (χ2v) is 6.56. The van der Waals surface area contributed by atoms with E-state index in [0.29, 0.717) is 11.4 Å². The van der Waals surface area contributed by atoms with Gasteiger partial charge >= 0.3 is 0 Å². The van der Waals surface area contributed by atoms with Crippen LogP contribution < -0.4 is 5.48 Å². The first-order valence-electron chi connectivity index (χ1n) is 6.10. The number of carbonyl (C=O) groups excluding carboxylic acids is 1. The number of unbranched alkanes of at least 4 members (excludes halogenated alkanes) is 1. The van der Waals surface area contributed by atoms with Crippen LogP contribution in [-0.2, 0) is 14.8 Å². The van der Waals surface area contributed by atoms with Gasteiger partial charge in [0.25, 0.3) is 5.91 Å². The second kappa shape index (κ2) is 7.58. The third-order valence-electron chi connectivity index (χ3n) is 2.66. The minimum absolute atomic E-state index is 0.0590. The highest BCUT2D eigenvalue weighted by molar-refractivity contribution is 7.89. The van der Waals surface area contributed by atoms with Crippen LogP contribution in [0.3, 0.4) is 0 Å². The van der Waals surface area contributed by atoms with Gasteiger partial charge in [-0.25, -0.2) is 13.9 Å². The summed E-state index contributed by atoms with van der Waals surface area (Å²) in [4.78, 5) is 11.3. The molecule has 0 saturated carbocycles. The standard InChI is InChI=1S/C12H17ClN2O4S/c1-2-3-8-15(9-12(16)14-17)20(18,19)11-6-4-10(13)5-7-11/h4-7,17H,2-3,8-9H2,1H3,(H,14,16). The number of nitrogens with zero attached hydrogens (tertiary/aromatic N) is 1. The lowest BCUT2D eigenvalue weighted by Gasteiger charge is -2.21. The maximum Gasteiger partial charge on any atom is 0.258 e. The van der Waals surface area contributed by atoms with Gasteiger partial charge in [-0.15, -0.1) is 0 Å². The van der Waals surface area contributed by atoms with E-state index in [4.69, 9.17) is 16.8 Å². The van der Waals surface area contributed by atoms with Crippen LogP contribution in [0.4, 0.5) is 0 Å². The van der Waals surface area contributed by atoms with Gasteiger partial charge in [-0.05, 0) is 30.7 Å². The lowest BCUT2D eigenvalue weighted by Crippen LogP contribution is -2.40. The summed E-state index contributed by atoms with van der Waals surface area (Å²) in [5.41, 5.74) is 1.44. The van der Waals surface area contributed by atoms with Gasteiger partial charge < -0.3 is 0 Å². The number of sulfonamides is 1. The molecule has 6 nitrogen and oxygen atoms in total. The number of nitrogens with one attached hydrogen (secondary N) is 1. The highest BCUT2D eigenvalue weighted by atomic mass is 35.5. The Morgan fingerprint density at radius 2 is 1.95 bits per heavy atom. The van der Waals surface area contributed by atoms with Gasteiger partial charge in [-0.3, -0.25) is 10.0 Å². The van der Waals surface area contributed by atoms with Crippen LogP contribution in [0, 0.1) is 0 Å². The van der Waals surface area contributed by atoms with E-state index in [1.54, 1.807) is 0 Å². The fourth-order valence-electron chi connectivity index (χ4n) is 1.57. The molecule has 8 heteroatoms. The van der Waals surface area contributed by atoms with Gasteiger partial charge in [0, 0.05) is 11.6 Å². The summed E-state index contributed by atoms with van der Waals surface area (Å²) >= 11 is 5.73. The van der Waals surface area contributed by atoms with Crippen molar-refractivity contribution >= 4 is 27.5 Å². The van der Waals surface area contributed by atoms with E-state index in [0.717, 1.165) is 10.7 Å². The van der Waals surface area contributed by atoms with E-state index >= 15 is 0 Å². The number of hydrogen-bond donors (Lipinski definition) is 2. The van der Waals surface area contributed by atoms with Crippen molar-refractivity contribution in [2.24, 2.45) is 0 Å². The molecule has 0 radical (unpaired) electrons. The number of halogens is 1. The van der Waals surface area contributed by atoms with Crippen molar-refractivity contribution in [1.82, 2.24) is 9.79 Å². The topological polar surface area (TPSA) is 86.7 Å². The fraction of sp³-hybridized carbons (Fsp3) is 0.417. The lowest BCUT2D eigenvalue weighted by molar-refractivity contribution is -0.129. The third-order valence-corrected chi connectivity index (χ3v) is 4.77. The van der Waals surface area contributed by atoms with Gasteiger partial charge in [0.15, 0.2) is 0 Å². The number of benzene rings is 1. The highest BCUT2D eigenvalue weighted by Gasteiger charge is 2.25. The van der Waals surface area contributed by atoms with Crippen LogP contribution in [0.5, 0.6) is 0 Å². The summed E-state index contributed by atoms with van der Waals surface area (Å²) in [5, 5.41) is 8.97. The molecule has 1 aromatic carbocycles. The largest absolute Gasteiger partial charge is 0.289 e. The molecule has 0 atom stereocenters. The second-order valence-electron chi connectivity index (χ2n) is 4.18. The normalized spacial score (nSPS) is 11.6. The van der Waals surface area contributed by atoms with Crippen LogP contribution in [-0.4, -0.2) is 36.9 Å². The molecule has 0 aliphatic carbocycles. The molecule has 1 rings (SSSR count). The number of hydrogen-bond acceptors (Lipinski definition) is 4. The quantitative estimate of drug-likeness (QED) is 0.590. The Hall–Kier alpha value is -1.15. The molecule has 0 fully saturated rings. The number of carbonyl (C=O) groups is 1. The van der Waals surface area contributed by atoms with Crippen LogP contribution in [0.25, 0.3) is 0 Å². The first-order valence-corrected chi connectivity index (χ1v) is 7.92. The van der Waals surface area contributed by atoms with Gasteiger partial charge in [-0.1, -0.05) is 24.9 Å². The van der Waals surface area contributed by atoms with E-state index in [1.165, 1.54) is 29.7 Å². The molecule has 0 aliphatic rings. The molecule has 0 heterocycles. The van der Waals surface area contributed by atoms with Crippen molar-refractivity contribution in [2.45, 2.75) is 24.7 Å². The zero-order valence-corrected chi connectivity index (χ0v) is 12.6. The lowest BCUT2D eigenvalue weighted by atomic mass is 10.3. The molecule has 0 aromatic heterocycles. The average molecular weight is 321 g/mol. The smallest absolute Gasteiger partial charge is 0.258 e. The molecular formula is C12H17ClN2O4S. The van der Waals surface area contributed by atoms with Crippen molar-refractivity contribution in [3.63, 3.8) is 0 Å². The van der Waals surface area contributed by atoms with E-state index < -0.39 is 22.5 Å². The molecular weight excluding hydrogens is 304 g/mol. The number of rotatable bonds is 7. The SMILES string of the molecule is CCCCN(CC(=O)NO)S(=O)(=O)c1ccc(Cl)cc1. The molecule has 0 unspecified atom stereocenters. The zero-order chi connectivity index (χ0) is 15.2. The minimum atomic E-state index is -3.79. The Morgan fingerprint density at radius 3 is 2.45 bits per heavy atom. The summed E-state index contributed by atoms with van der Waals surface area (Å²) in [6.07, 6.45) is 1.40. The summed E-state index contributed by atoms with van der Waals surface area (Å²) in [6, 6.07) is 5.71. The minimum Gasteiger partial charge on any atom is -0.289 e. The van der Waals surface area contributed by atoms with Gasteiger partial charge in [0.1, 0.15) is 0 Å². The fourth-order valence-corrected chi connectivity index (χ4v) is 3.13. The van der Waals surface area contributed by atoms with Crippen molar-refractivity contribution in [3.05, 3.63) is 29.3 Å². The van der Waals surface area contributed by atoms with Crippen molar-refractivity contribution < 1.29 is 18.4 Å². The Labute approximate surface area is 123 Å². The zero-order valence-electron chi connectivity index (χ0n) is 11.0. The van der Waals surface area contributed by atoms with Gasteiger partial charge in [-0.2, -0.15) is 4.31 Å². The van der Waals surface area contributed by atoms with Gasteiger partial charge in [0.2, 0.25) is 10.0 Å². The summed E-state index contributed by atoms with van der Waals surface area (Å²) in [5.74, 6) is -0.779. The third kappa shape index (κ3) is 4.45. The predicted octanol–water partition coefficient (Wildman–Crippen LogP) is 1.64. The molecule has 1 aromatic rings.